The molecule has 0 bridgehead atoms. The van der Waals surface area contributed by atoms with Crippen LogP contribution >= 0.6 is 31.9 Å². The molecule has 0 radical (unpaired) electrons. The zero-order valence-corrected chi connectivity index (χ0v) is 18.1. The van der Waals surface area contributed by atoms with Gasteiger partial charge < -0.3 is 9.47 Å². The van der Waals surface area contributed by atoms with E-state index in [-0.39, 0.29) is 6.61 Å². The number of nitrogens with one attached hydrogen (secondary N) is 2. The summed E-state index contributed by atoms with van der Waals surface area (Å²) in [5.41, 5.74) is 5.94. The van der Waals surface area contributed by atoms with E-state index in [4.69, 9.17) is 9.47 Å². The van der Waals surface area contributed by atoms with E-state index >= 15 is 0 Å². The molecule has 144 valence electrons. The molecule has 0 unspecified atom stereocenters. The maximum Gasteiger partial charge on any atom is 0.276 e. The minimum atomic E-state index is -0.476. The summed E-state index contributed by atoms with van der Waals surface area (Å²) in [6.45, 7) is 4.13. The van der Waals surface area contributed by atoms with Crippen LogP contribution in [0.25, 0.3) is 0 Å². The van der Waals surface area contributed by atoms with Crippen LogP contribution in [0.1, 0.15) is 29.3 Å². The van der Waals surface area contributed by atoms with Crippen molar-refractivity contribution in [1.29, 1.82) is 0 Å². The quantitative estimate of drug-likeness (QED) is 0.561. The lowest BCUT2D eigenvalue weighted by molar-refractivity contribution is -0.123. The molecule has 2 rings (SSSR count). The third-order valence-electron chi connectivity index (χ3n) is 3.46. The molecule has 8 heteroatoms. The van der Waals surface area contributed by atoms with Gasteiger partial charge in [-0.25, -0.2) is 0 Å². The second-order valence-electron chi connectivity index (χ2n) is 5.69. The third-order valence-corrected chi connectivity index (χ3v) is 4.45. The van der Waals surface area contributed by atoms with E-state index in [9.17, 15) is 9.59 Å². The lowest BCUT2D eigenvalue weighted by atomic mass is 10.2. The first-order valence-corrected chi connectivity index (χ1v) is 9.89. The van der Waals surface area contributed by atoms with E-state index in [1.807, 2.05) is 26.0 Å². The van der Waals surface area contributed by atoms with E-state index in [1.54, 1.807) is 24.3 Å². The van der Waals surface area contributed by atoms with Gasteiger partial charge in [0, 0.05) is 8.95 Å². The summed E-state index contributed by atoms with van der Waals surface area (Å²) >= 11 is 6.70. The zero-order valence-electron chi connectivity index (χ0n) is 15.0. The van der Waals surface area contributed by atoms with Crippen molar-refractivity contribution < 1.29 is 19.1 Å². The summed E-state index contributed by atoms with van der Waals surface area (Å²) in [4.78, 5) is 24.3. The van der Waals surface area contributed by atoms with Gasteiger partial charge in [-0.3, -0.25) is 20.4 Å². The van der Waals surface area contributed by atoms with Gasteiger partial charge in [0.2, 0.25) is 0 Å². The molecule has 0 fully saturated rings. The molecule has 0 aliphatic heterocycles. The fourth-order valence-corrected chi connectivity index (χ4v) is 3.00. The second kappa shape index (κ2) is 10.3. The maximum atomic E-state index is 12.4. The fraction of sp³-hybridized carbons (Fsp3) is 0.263. The van der Waals surface area contributed by atoms with E-state index in [0.717, 1.165) is 20.9 Å². The third kappa shape index (κ3) is 6.55. The van der Waals surface area contributed by atoms with Gasteiger partial charge in [-0.2, -0.15) is 0 Å². The summed E-state index contributed by atoms with van der Waals surface area (Å²) in [5.74, 6) is 0.0997. The van der Waals surface area contributed by atoms with Crippen LogP contribution < -0.4 is 20.3 Å². The van der Waals surface area contributed by atoms with E-state index in [2.05, 4.69) is 42.7 Å². The predicted octanol–water partition coefficient (Wildman–Crippen LogP) is 4.15. The number of hydrogen-bond acceptors (Lipinski definition) is 4. The van der Waals surface area contributed by atoms with E-state index < -0.39 is 11.8 Å². The van der Waals surface area contributed by atoms with E-state index in [1.165, 1.54) is 0 Å². The van der Waals surface area contributed by atoms with Crippen molar-refractivity contribution in [3.63, 3.8) is 0 Å². The molecule has 2 amide bonds. The molecule has 0 aliphatic rings. The molecule has 2 aromatic rings. The van der Waals surface area contributed by atoms with Crippen molar-refractivity contribution in [3.8, 4) is 11.5 Å². The first kappa shape index (κ1) is 21.2. The van der Waals surface area contributed by atoms with Gasteiger partial charge in [0.1, 0.15) is 11.5 Å². The molecule has 0 spiro atoms. The van der Waals surface area contributed by atoms with Crippen molar-refractivity contribution in [3.05, 3.63) is 56.5 Å². The highest BCUT2D eigenvalue weighted by Crippen LogP contribution is 2.24. The number of amides is 2. The zero-order chi connectivity index (χ0) is 19.8. The first-order chi connectivity index (χ1) is 12.9. The molecule has 2 aromatic carbocycles. The fourth-order valence-electron chi connectivity index (χ4n) is 2.17. The minimum Gasteiger partial charge on any atom is -0.493 e. The Kier molecular flexibility index (Phi) is 8.12. The van der Waals surface area contributed by atoms with E-state index in [0.29, 0.717) is 23.7 Å². The lowest BCUT2D eigenvalue weighted by Gasteiger charge is -2.13. The smallest absolute Gasteiger partial charge is 0.276 e. The molecular formula is C19H20Br2N2O4. The van der Waals surface area contributed by atoms with Crippen LogP contribution in [-0.2, 0) is 4.79 Å². The Morgan fingerprint density at radius 2 is 1.63 bits per heavy atom. The monoisotopic (exact) mass is 498 g/mol. The number of ether oxygens (including phenoxy) is 2. The predicted molar refractivity (Wildman–Crippen MR) is 110 cm³/mol. The topological polar surface area (TPSA) is 76.7 Å². The molecule has 0 heterocycles. The lowest BCUT2D eigenvalue weighted by Crippen LogP contribution is -2.44. The van der Waals surface area contributed by atoms with Crippen molar-refractivity contribution in [2.24, 2.45) is 0 Å². The van der Waals surface area contributed by atoms with Crippen LogP contribution in [0.2, 0.25) is 0 Å². The van der Waals surface area contributed by atoms with Crippen LogP contribution in [0.3, 0.4) is 0 Å². The van der Waals surface area contributed by atoms with Crippen molar-refractivity contribution >= 4 is 43.7 Å². The minimum absolute atomic E-state index is 0.222. The first-order valence-electron chi connectivity index (χ1n) is 8.31. The molecule has 0 aliphatic carbocycles. The summed E-state index contributed by atoms with van der Waals surface area (Å²) in [6.07, 6.45) is 0.820. The molecule has 0 atom stereocenters. The summed E-state index contributed by atoms with van der Waals surface area (Å²) in [6, 6.07) is 10.6. The average molecular weight is 500 g/mol. The molecule has 0 aromatic heterocycles. The van der Waals surface area contributed by atoms with Crippen molar-refractivity contribution in [1.82, 2.24) is 10.9 Å². The Bertz CT molecular complexity index is 827. The normalized spacial score (nSPS) is 10.2. The van der Waals surface area contributed by atoms with Crippen molar-refractivity contribution in [2.45, 2.75) is 20.3 Å². The van der Waals surface area contributed by atoms with Crippen LogP contribution in [-0.4, -0.2) is 25.0 Å². The van der Waals surface area contributed by atoms with Gasteiger partial charge in [0.05, 0.1) is 12.2 Å². The number of hydrogen-bond donors (Lipinski definition) is 2. The SMILES string of the molecule is CCCOc1ccc(Br)cc1C(=O)NNC(=O)COc1ccc(Br)cc1C. The van der Waals surface area contributed by atoms with Crippen molar-refractivity contribution in [2.75, 3.05) is 13.2 Å². The Balaban J connectivity index is 1.91. The van der Waals surface area contributed by atoms with Crippen LogP contribution in [0.5, 0.6) is 11.5 Å². The largest absolute Gasteiger partial charge is 0.493 e. The molecule has 6 nitrogen and oxygen atoms in total. The molecule has 2 N–H and O–H groups in total. The highest BCUT2D eigenvalue weighted by atomic mass is 79.9. The average Bonchev–Trinajstić information content (AvgIpc) is 2.64. The Morgan fingerprint density at radius 1 is 0.963 bits per heavy atom. The van der Waals surface area contributed by atoms with Gasteiger partial charge in [-0.15, -0.1) is 0 Å². The summed E-state index contributed by atoms with van der Waals surface area (Å²) in [7, 11) is 0. The van der Waals surface area contributed by atoms with Gasteiger partial charge >= 0.3 is 0 Å². The number of hydrazine groups is 1. The number of carbonyl (C=O) groups excluding carboxylic acids is 2. The maximum absolute atomic E-state index is 12.4. The van der Waals surface area contributed by atoms with Gasteiger partial charge in [0.15, 0.2) is 6.61 Å². The van der Waals surface area contributed by atoms with Crippen LogP contribution in [0.15, 0.2) is 45.3 Å². The Labute approximate surface area is 174 Å². The number of benzene rings is 2. The molecule has 0 saturated heterocycles. The Hall–Kier alpha value is -2.06. The number of rotatable bonds is 7. The second-order valence-corrected chi connectivity index (χ2v) is 7.52. The highest BCUT2D eigenvalue weighted by Gasteiger charge is 2.14. The number of aryl methyl sites for hydroxylation is 1. The van der Waals surface area contributed by atoms with Crippen LogP contribution in [0, 0.1) is 6.92 Å². The van der Waals surface area contributed by atoms with Gasteiger partial charge in [-0.1, -0.05) is 38.8 Å². The highest BCUT2D eigenvalue weighted by molar-refractivity contribution is 9.10. The van der Waals surface area contributed by atoms with Gasteiger partial charge in [-0.05, 0) is 55.3 Å². The Morgan fingerprint density at radius 3 is 2.30 bits per heavy atom. The van der Waals surface area contributed by atoms with Crippen LogP contribution in [0.4, 0.5) is 0 Å². The number of halogens is 2. The summed E-state index contributed by atoms with van der Waals surface area (Å²) < 4.78 is 12.7. The standard InChI is InChI=1S/C19H20Br2N2O4/c1-3-8-26-17-7-5-14(21)10-15(17)19(25)23-22-18(24)11-27-16-6-4-13(20)9-12(16)2/h4-7,9-10H,3,8,11H2,1-2H3,(H,22,24)(H,23,25). The molecule has 0 saturated carbocycles. The molecular weight excluding hydrogens is 480 g/mol. The summed E-state index contributed by atoms with van der Waals surface area (Å²) in [5, 5.41) is 0. The molecule has 27 heavy (non-hydrogen) atoms. The van der Waals surface area contributed by atoms with Gasteiger partial charge in [0.25, 0.3) is 11.8 Å². The number of carbonyl (C=O) groups is 2.